The third kappa shape index (κ3) is 6.20. The molecule has 1 amide bonds. The number of carbonyl (C=O) groups excluding carboxylic acids is 1. The van der Waals surface area contributed by atoms with E-state index in [4.69, 9.17) is 9.47 Å². The molecule has 198 valence electrons. The fourth-order valence-electron chi connectivity index (χ4n) is 4.49. The van der Waals surface area contributed by atoms with Crippen molar-refractivity contribution in [1.29, 1.82) is 0 Å². The zero-order valence-corrected chi connectivity index (χ0v) is 21.4. The Labute approximate surface area is 221 Å². The summed E-state index contributed by atoms with van der Waals surface area (Å²) in [5.41, 5.74) is 3.13. The highest BCUT2D eigenvalue weighted by Gasteiger charge is 2.19. The number of aliphatic hydroxyl groups excluding tert-OH is 1. The first-order chi connectivity index (χ1) is 18.6. The highest BCUT2D eigenvalue weighted by atomic mass is 16.5. The van der Waals surface area contributed by atoms with Gasteiger partial charge in [0.15, 0.2) is 5.82 Å². The quantitative estimate of drug-likeness (QED) is 0.286. The van der Waals surface area contributed by atoms with E-state index in [9.17, 15) is 9.90 Å². The van der Waals surface area contributed by atoms with Crippen LogP contribution in [0.5, 0.6) is 5.75 Å². The molecule has 0 radical (unpaired) electrons. The summed E-state index contributed by atoms with van der Waals surface area (Å²) in [6.07, 6.45) is 2.27. The topological polar surface area (TPSA) is 125 Å². The van der Waals surface area contributed by atoms with Crippen LogP contribution in [-0.2, 0) is 18.0 Å². The second kappa shape index (κ2) is 11.9. The van der Waals surface area contributed by atoms with Gasteiger partial charge in [0, 0.05) is 37.5 Å². The minimum absolute atomic E-state index is 0.140. The van der Waals surface area contributed by atoms with Crippen molar-refractivity contribution < 1.29 is 19.4 Å². The first kappa shape index (κ1) is 25.5. The summed E-state index contributed by atoms with van der Waals surface area (Å²) in [5.74, 6) is 1.87. The number of fused-ring (bicyclic) bond motifs is 1. The smallest absolute Gasteiger partial charge is 0.407 e. The molecule has 0 spiro atoms. The predicted octanol–water partition coefficient (Wildman–Crippen LogP) is 4.20. The molecular weight excluding hydrogens is 484 g/mol. The van der Waals surface area contributed by atoms with Crippen molar-refractivity contribution in [2.75, 3.05) is 24.5 Å². The van der Waals surface area contributed by atoms with Gasteiger partial charge in [-0.2, -0.15) is 5.10 Å². The van der Waals surface area contributed by atoms with Crippen LogP contribution in [0.25, 0.3) is 22.3 Å². The second-order valence-corrected chi connectivity index (χ2v) is 9.37. The lowest BCUT2D eigenvalue weighted by atomic mass is 10.1. The van der Waals surface area contributed by atoms with Crippen LogP contribution in [0, 0.1) is 0 Å². The molecule has 1 aliphatic heterocycles. The minimum atomic E-state index is -0.453. The number of nitrogens with zero attached hydrogens (tertiary/aromatic N) is 4. The number of hydrogen-bond acceptors (Lipinski definition) is 8. The molecule has 0 aliphatic carbocycles. The van der Waals surface area contributed by atoms with Gasteiger partial charge >= 0.3 is 6.09 Å². The van der Waals surface area contributed by atoms with Crippen molar-refractivity contribution in [1.82, 2.24) is 25.5 Å². The number of H-pyrrole nitrogens is 1. The van der Waals surface area contributed by atoms with Gasteiger partial charge in [-0.25, -0.2) is 14.8 Å². The fourth-order valence-corrected chi connectivity index (χ4v) is 4.49. The molecule has 1 atom stereocenters. The van der Waals surface area contributed by atoms with Gasteiger partial charge in [-0.3, -0.25) is 5.10 Å². The number of alkyl carbamates (subject to hydrolysis) is 1. The molecule has 0 bridgehead atoms. The zero-order valence-electron chi connectivity index (χ0n) is 21.4. The highest BCUT2D eigenvalue weighted by Crippen LogP contribution is 2.31. The van der Waals surface area contributed by atoms with E-state index in [2.05, 4.69) is 30.4 Å². The molecule has 1 aliphatic rings. The third-order valence-corrected chi connectivity index (χ3v) is 6.48. The molecule has 0 saturated carbocycles. The van der Waals surface area contributed by atoms with Gasteiger partial charge in [-0.1, -0.05) is 30.3 Å². The van der Waals surface area contributed by atoms with E-state index in [-0.39, 0.29) is 19.3 Å². The van der Waals surface area contributed by atoms with Crippen LogP contribution in [0.3, 0.4) is 0 Å². The second-order valence-electron chi connectivity index (χ2n) is 9.37. The predicted molar refractivity (Wildman–Crippen MR) is 144 cm³/mol. The summed E-state index contributed by atoms with van der Waals surface area (Å²) in [6, 6.07) is 17.2. The van der Waals surface area contributed by atoms with E-state index in [1.807, 2.05) is 61.5 Å². The van der Waals surface area contributed by atoms with Crippen LogP contribution in [0.4, 0.5) is 10.6 Å². The van der Waals surface area contributed by atoms with Crippen molar-refractivity contribution in [3.63, 3.8) is 0 Å². The molecule has 1 saturated heterocycles. The zero-order chi connectivity index (χ0) is 26.3. The van der Waals surface area contributed by atoms with Crippen molar-refractivity contribution in [2.24, 2.45) is 0 Å². The molecule has 2 aromatic carbocycles. The van der Waals surface area contributed by atoms with Crippen LogP contribution >= 0.6 is 0 Å². The Hall–Kier alpha value is -4.18. The van der Waals surface area contributed by atoms with Crippen LogP contribution < -0.4 is 15.0 Å². The molecule has 5 rings (SSSR count). The summed E-state index contributed by atoms with van der Waals surface area (Å²) in [6.45, 7) is 4.26. The van der Waals surface area contributed by atoms with Gasteiger partial charge in [0.25, 0.3) is 0 Å². The average molecular weight is 517 g/mol. The largest absolute Gasteiger partial charge is 0.491 e. The van der Waals surface area contributed by atoms with Gasteiger partial charge in [-0.15, -0.1) is 0 Å². The lowest BCUT2D eigenvalue weighted by molar-refractivity contribution is 0.137. The Bertz CT molecular complexity index is 1370. The van der Waals surface area contributed by atoms with Crippen molar-refractivity contribution in [2.45, 2.75) is 45.5 Å². The van der Waals surface area contributed by atoms with E-state index in [1.165, 1.54) is 0 Å². The first-order valence-electron chi connectivity index (χ1n) is 12.9. The maximum atomic E-state index is 12.0. The van der Waals surface area contributed by atoms with E-state index in [0.29, 0.717) is 35.9 Å². The van der Waals surface area contributed by atoms with Crippen LogP contribution in [0.1, 0.15) is 37.6 Å². The molecule has 2 aromatic heterocycles. The highest BCUT2D eigenvalue weighted by molar-refractivity contribution is 5.93. The normalized spacial score (nSPS) is 14.0. The number of anilines is 1. The Kier molecular flexibility index (Phi) is 7.98. The number of aromatic amines is 1. The third-order valence-electron chi connectivity index (χ3n) is 6.48. The molecule has 3 N–H and O–H groups in total. The number of amides is 1. The number of hydrogen-bond donors (Lipinski definition) is 3. The maximum absolute atomic E-state index is 12.0. The summed E-state index contributed by atoms with van der Waals surface area (Å²) < 4.78 is 11.4. The Morgan fingerprint density at radius 3 is 2.74 bits per heavy atom. The summed E-state index contributed by atoms with van der Waals surface area (Å²) in [5, 5.41) is 20.9. The number of nitrogens with one attached hydrogen (secondary N) is 2. The van der Waals surface area contributed by atoms with Gasteiger partial charge in [0.1, 0.15) is 30.5 Å². The number of aliphatic hydroxyl groups is 1. The molecule has 3 heterocycles. The number of rotatable bonds is 10. The Balaban J connectivity index is 1.21. The standard InChI is InChI=1S/C28H32N6O4/c1-19(11-12-29-28(36)37-18-20-7-3-2-4-8-20)38-21-9-10-23-22(15-21)27(33-32-23)24-16-26(31-25(17-35)30-24)34-13-5-6-14-34/h2-4,7-10,15-16,19,35H,5-6,11-14,17-18H2,1H3,(H,29,36)(H,32,33). The lowest BCUT2D eigenvalue weighted by Gasteiger charge is -2.17. The number of aromatic nitrogens is 4. The lowest BCUT2D eigenvalue weighted by Crippen LogP contribution is -2.28. The average Bonchev–Trinajstić information content (AvgIpc) is 3.63. The van der Waals surface area contributed by atoms with E-state index in [0.717, 1.165) is 48.2 Å². The summed E-state index contributed by atoms with van der Waals surface area (Å²) in [7, 11) is 0. The van der Waals surface area contributed by atoms with Gasteiger partial charge in [0.2, 0.25) is 0 Å². The monoisotopic (exact) mass is 516 g/mol. The van der Waals surface area contributed by atoms with E-state index >= 15 is 0 Å². The van der Waals surface area contributed by atoms with Crippen LogP contribution in [-0.4, -0.2) is 57.1 Å². The van der Waals surface area contributed by atoms with Crippen molar-refractivity contribution >= 4 is 22.8 Å². The Morgan fingerprint density at radius 1 is 1.13 bits per heavy atom. The number of carbonyl (C=O) groups is 1. The molecular formula is C28H32N6O4. The molecule has 38 heavy (non-hydrogen) atoms. The maximum Gasteiger partial charge on any atom is 0.407 e. The van der Waals surface area contributed by atoms with Crippen molar-refractivity contribution in [3.05, 3.63) is 66.0 Å². The molecule has 4 aromatic rings. The first-order valence-corrected chi connectivity index (χ1v) is 12.9. The summed E-state index contributed by atoms with van der Waals surface area (Å²) in [4.78, 5) is 23.2. The molecule has 1 fully saturated rings. The van der Waals surface area contributed by atoms with Crippen LogP contribution in [0.2, 0.25) is 0 Å². The molecule has 1 unspecified atom stereocenters. The van der Waals surface area contributed by atoms with E-state index < -0.39 is 6.09 Å². The van der Waals surface area contributed by atoms with Gasteiger partial charge in [0.05, 0.1) is 17.3 Å². The van der Waals surface area contributed by atoms with Gasteiger partial charge < -0.3 is 24.8 Å². The SMILES string of the molecule is CC(CCNC(=O)OCc1ccccc1)Oc1ccc2[nH]nc(-c3cc(N4CCCC4)nc(CO)n3)c2c1. The molecule has 10 nitrogen and oxygen atoms in total. The van der Waals surface area contributed by atoms with Gasteiger partial charge in [-0.05, 0) is 43.5 Å². The minimum Gasteiger partial charge on any atom is -0.491 e. The van der Waals surface area contributed by atoms with E-state index in [1.54, 1.807) is 0 Å². The van der Waals surface area contributed by atoms with Crippen molar-refractivity contribution in [3.8, 4) is 17.1 Å². The number of ether oxygens (including phenoxy) is 2. The van der Waals surface area contributed by atoms with Crippen LogP contribution in [0.15, 0.2) is 54.6 Å². The summed E-state index contributed by atoms with van der Waals surface area (Å²) >= 11 is 0. The Morgan fingerprint density at radius 2 is 1.95 bits per heavy atom. The fraction of sp³-hybridized carbons (Fsp3) is 0.357. The molecule has 10 heteroatoms. The number of benzene rings is 2.